The summed E-state index contributed by atoms with van der Waals surface area (Å²) in [6.45, 7) is 7.99. The minimum atomic E-state index is 0.176. The Morgan fingerprint density at radius 2 is 2.00 bits per heavy atom. The van der Waals surface area contributed by atoms with Crippen LogP contribution in [0.4, 0.5) is 0 Å². The lowest BCUT2D eigenvalue weighted by atomic mass is 10.0. The van der Waals surface area contributed by atoms with Crippen molar-refractivity contribution in [1.82, 2.24) is 15.1 Å². The number of carbonyl (C=O) groups is 1. The van der Waals surface area contributed by atoms with Crippen molar-refractivity contribution in [2.45, 2.75) is 38.6 Å². The molecule has 0 saturated carbocycles. The van der Waals surface area contributed by atoms with Crippen LogP contribution in [-0.2, 0) is 4.79 Å². The van der Waals surface area contributed by atoms with Gasteiger partial charge in [-0.3, -0.25) is 14.6 Å². The lowest BCUT2D eigenvalue weighted by molar-refractivity contribution is -0.122. The molecule has 0 spiro atoms. The van der Waals surface area contributed by atoms with E-state index in [1.807, 2.05) is 6.92 Å². The van der Waals surface area contributed by atoms with Gasteiger partial charge in [0.25, 0.3) is 0 Å². The van der Waals surface area contributed by atoms with Gasteiger partial charge in [-0.15, -0.1) is 0 Å². The van der Waals surface area contributed by atoms with Gasteiger partial charge >= 0.3 is 0 Å². The number of hydrogen-bond acceptors (Lipinski definition) is 3. The highest BCUT2D eigenvalue weighted by Crippen LogP contribution is 2.20. The summed E-state index contributed by atoms with van der Waals surface area (Å²) >= 11 is 0. The van der Waals surface area contributed by atoms with Gasteiger partial charge in [0.1, 0.15) is 0 Å². The quantitative estimate of drug-likeness (QED) is 0.784. The molecule has 0 aromatic carbocycles. The molecule has 2 saturated heterocycles. The van der Waals surface area contributed by atoms with E-state index in [9.17, 15) is 4.79 Å². The summed E-state index contributed by atoms with van der Waals surface area (Å²) in [7, 11) is 0. The van der Waals surface area contributed by atoms with Crippen molar-refractivity contribution in [3.05, 3.63) is 0 Å². The average Bonchev–Trinajstić information content (AvgIpc) is 2.83. The van der Waals surface area contributed by atoms with E-state index in [1.54, 1.807) is 0 Å². The van der Waals surface area contributed by atoms with E-state index in [-0.39, 0.29) is 5.91 Å². The Labute approximate surface area is 104 Å². The molecule has 17 heavy (non-hydrogen) atoms. The summed E-state index contributed by atoms with van der Waals surface area (Å²) in [4.78, 5) is 16.5. The second-order valence-electron chi connectivity index (χ2n) is 5.23. The van der Waals surface area contributed by atoms with Crippen molar-refractivity contribution in [3.8, 4) is 0 Å². The molecule has 1 atom stereocenters. The van der Waals surface area contributed by atoms with E-state index < -0.39 is 0 Å². The summed E-state index contributed by atoms with van der Waals surface area (Å²) < 4.78 is 0. The highest BCUT2D eigenvalue weighted by Gasteiger charge is 2.27. The van der Waals surface area contributed by atoms with Crippen LogP contribution in [0, 0.1) is 0 Å². The zero-order valence-corrected chi connectivity index (χ0v) is 11.0. The van der Waals surface area contributed by atoms with E-state index in [2.05, 4.69) is 15.1 Å². The van der Waals surface area contributed by atoms with Gasteiger partial charge in [-0.05, 0) is 52.2 Å². The second-order valence-corrected chi connectivity index (χ2v) is 5.23. The summed E-state index contributed by atoms with van der Waals surface area (Å²) in [5.74, 6) is 0.176. The smallest absolute Gasteiger partial charge is 0.234 e. The van der Waals surface area contributed by atoms with Gasteiger partial charge < -0.3 is 5.32 Å². The van der Waals surface area contributed by atoms with Crippen LogP contribution in [0.1, 0.15) is 32.6 Å². The largest absolute Gasteiger partial charge is 0.355 e. The summed E-state index contributed by atoms with van der Waals surface area (Å²) in [6, 6.07) is 0.695. The third kappa shape index (κ3) is 3.68. The van der Waals surface area contributed by atoms with Crippen LogP contribution >= 0.6 is 0 Å². The number of rotatable bonds is 4. The van der Waals surface area contributed by atoms with E-state index >= 15 is 0 Å². The Hall–Kier alpha value is -0.610. The first-order valence-corrected chi connectivity index (χ1v) is 7.02. The van der Waals surface area contributed by atoms with Gasteiger partial charge in [0, 0.05) is 19.1 Å². The van der Waals surface area contributed by atoms with E-state index in [0.717, 1.165) is 19.6 Å². The molecule has 0 bridgehead atoms. The van der Waals surface area contributed by atoms with Gasteiger partial charge in [-0.25, -0.2) is 0 Å². The fourth-order valence-electron chi connectivity index (χ4n) is 3.04. The van der Waals surface area contributed by atoms with E-state index in [0.29, 0.717) is 12.6 Å². The maximum Gasteiger partial charge on any atom is 0.234 e. The number of amides is 1. The number of hydrogen-bond donors (Lipinski definition) is 1. The molecule has 0 aromatic rings. The molecule has 1 N–H and O–H groups in total. The number of likely N-dealkylation sites (tertiary alicyclic amines) is 2. The molecule has 1 amide bonds. The SMILES string of the molecule is CCNC(=O)CN1CCCC(N2CCCC2)C1. The highest BCUT2D eigenvalue weighted by molar-refractivity contribution is 5.77. The number of nitrogens with zero attached hydrogens (tertiary/aromatic N) is 2. The van der Waals surface area contributed by atoms with Crippen molar-refractivity contribution < 1.29 is 4.79 Å². The number of piperidine rings is 1. The van der Waals surface area contributed by atoms with Crippen LogP contribution in [-0.4, -0.2) is 61.0 Å². The van der Waals surface area contributed by atoms with Crippen LogP contribution in [0.5, 0.6) is 0 Å². The fourth-order valence-corrected chi connectivity index (χ4v) is 3.04. The Bertz CT molecular complexity index is 251. The zero-order valence-electron chi connectivity index (χ0n) is 11.0. The average molecular weight is 239 g/mol. The molecule has 2 fully saturated rings. The van der Waals surface area contributed by atoms with Crippen molar-refractivity contribution in [2.75, 3.05) is 39.3 Å². The molecule has 2 heterocycles. The molecule has 0 aliphatic carbocycles. The van der Waals surface area contributed by atoms with Crippen LogP contribution in [0.25, 0.3) is 0 Å². The Morgan fingerprint density at radius 1 is 1.24 bits per heavy atom. The predicted molar refractivity (Wildman–Crippen MR) is 69.0 cm³/mol. The Morgan fingerprint density at radius 3 is 2.71 bits per heavy atom. The summed E-state index contributed by atoms with van der Waals surface area (Å²) in [5.41, 5.74) is 0. The number of likely N-dealkylation sites (N-methyl/N-ethyl adjacent to an activating group) is 1. The molecule has 2 rings (SSSR count). The third-order valence-corrected chi connectivity index (χ3v) is 3.88. The summed E-state index contributed by atoms with van der Waals surface area (Å²) in [5, 5.41) is 2.88. The van der Waals surface area contributed by atoms with Gasteiger partial charge in [0.2, 0.25) is 5.91 Å². The van der Waals surface area contributed by atoms with E-state index in [1.165, 1.54) is 38.8 Å². The number of nitrogens with one attached hydrogen (secondary N) is 1. The van der Waals surface area contributed by atoms with Crippen molar-refractivity contribution in [3.63, 3.8) is 0 Å². The molecule has 0 radical (unpaired) electrons. The van der Waals surface area contributed by atoms with Gasteiger partial charge in [-0.2, -0.15) is 0 Å². The lowest BCUT2D eigenvalue weighted by Gasteiger charge is -2.37. The van der Waals surface area contributed by atoms with Crippen molar-refractivity contribution in [1.29, 1.82) is 0 Å². The maximum atomic E-state index is 11.6. The van der Waals surface area contributed by atoms with Crippen LogP contribution in [0.3, 0.4) is 0 Å². The van der Waals surface area contributed by atoms with Crippen molar-refractivity contribution >= 4 is 5.91 Å². The highest BCUT2D eigenvalue weighted by atomic mass is 16.2. The zero-order chi connectivity index (χ0) is 12.1. The van der Waals surface area contributed by atoms with Crippen LogP contribution < -0.4 is 5.32 Å². The first-order chi connectivity index (χ1) is 8.29. The first-order valence-electron chi connectivity index (χ1n) is 7.02. The molecule has 0 aromatic heterocycles. The molecule has 4 heteroatoms. The van der Waals surface area contributed by atoms with Gasteiger partial charge in [0.15, 0.2) is 0 Å². The maximum absolute atomic E-state index is 11.6. The second kappa shape index (κ2) is 6.36. The first kappa shape index (κ1) is 12.8. The molecule has 98 valence electrons. The van der Waals surface area contributed by atoms with Crippen molar-refractivity contribution in [2.24, 2.45) is 0 Å². The minimum Gasteiger partial charge on any atom is -0.355 e. The minimum absolute atomic E-state index is 0.176. The fraction of sp³-hybridized carbons (Fsp3) is 0.923. The molecule has 4 nitrogen and oxygen atoms in total. The van der Waals surface area contributed by atoms with Crippen LogP contribution in [0.2, 0.25) is 0 Å². The molecule has 2 aliphatic rings. The topological polar surface area (TPSA) is 35.6 Å². The van der Waals surface area contributed by atoms with E-state index in [4.69, 9.17) is 0 Å². The predicted octanol–water partition coefficient (Wildman–Crippen LogP) is 0.683. The lowest BCUT2D eigenvalue weighted by Crippen LogP contribution is -2.49. The summed E-state index contributed by atoms with van der Waals surface area (Å²) in [6.07, 6.45) is 5.26. The van der Waals surface area contributed by atoms with Gasteiger partial charge in [0.05, 0.1) is 6.54 Å². The molecule has 2 aliphatic heterocycles. The molecular weight excluding hydrogens is 214 g/mol. The third-order valence-electron chi connectivity index (χ3n) is 3.88. The molecular formula is C13H25N3O. The Kier molecular flexibility index (Phi) is 4.80. The Balaban J connectivity index is 1.77. The standard InChI is InChI=1S/C13H25N3O/c1-2-14-13(17)11-15-7-5-6-12(10-15)16-8-3-4-9-16/h12H,2-11H2,1H3,(H,14,17). The monoisotopic (exact) mass is 239 g/mol. The number of carbonyl (C=O) groups excluding carboxylic acids is 1. The normalized spacial score (nSPS) is 27.2. The van der Waals surface area contributed by atoms with Gasteiger partial charge in [-0.1, -0.05) is 0 Å². The van der Waals surface area contributed by atoms with Crippen LogP contribution in [0.15, 0.2) is 0 Å². The molecule has 1 unspecified atom stereocenters.